The second kappa shape index (κ2) is 7.64. The van der Waals surface area contributed by atoms with E-state index >= 15 is 0 Å². The Morgan fingerprint density at radius 3 is 2.46 bits per heavy atom. The summed E-state index contributed by atoms with van der Waals surface area (Å²) in [6.07, 6.45) is 0.0237. The molecule has 28 heavy (non-hydrogen) atoms. The molecule has 0 amide bonds. The average Bonchev–Trinajstić information content (AvgIpc) is 2.94. The fraction of sp³-hybridized carbons (Fsp3) is 0.125. The number of rotatable bonds is 5. The third-order valence-corrected chi connectivity index (χ3v) is 5.61. The second-order valence-corrected chi connectivity index (χ2v) is 7.86. The van der Waals surface area contributed by atoms with Gasteiger partial charge in [0, 0.05) is 27.6 Å². The van der Waals surface area contributed by atoms with Gasteiger partial charge in [0.1, 0.15) is 0 Å². The Bertz CT molecular complexity index is 1160. The van der Waals surface area contributed by atoms with Crippen LogP contribution in [0.3, 0.4) is 0 Å². The molecule has 0 spiro atoms. The molecule has 4 aromatic rings. The minimum Gasteiger partial charge on any atom is -0.481 e. The molecule has 0 fully saturated rings. The molecule has 0 bridgehead atoms. The molecule has 4 rings (SSSR count). The van der Waals surface area contributed by atoms with Gasteiger partial charge in [-0.15, -0.1) is 0 Å². The van der Waals surface area contributed by atoms with Crippen LogP contribution in [0.1, 0.15) is 16.8 Å². The zero-order valence-electron chi connectivity index (χ0n) is 15.5. The molecule has 1 heterocycles. The van der Waals surface area contributed by atoms with Crippen LogP contribution >= 0.6 is 15.9 Å². The maximum atomic E-state index is 11.4. The van der Waals surface area contributed by atoms with E-state index < -0.39 is 5.97 Å². The first kappa shape index (κ1) is 18.5. The van der Waals surface area contributed by atoms with Gasteiger partial charge in [-0.05, 0) is 53.4 Å². The molecule has 0 aliphatic carbocycles. The molecule has 0 atom stereocenters. The van der Waals surface area contributed by atoms with Crippen molar-refractivity contribution < 1.29 is 9.90 Å². The number of aromatic nitrogens is 1. The summed E-state index contributed by atoms with van der Waals surface area (Å²) in [4.78, 5) is 11.4. The number of benzene rings is 3. The van der Waals surface area contributed by atoms with Crippen LogP contribution in [0.5, 0.6) is 0 Å². The van der Waals surface area contributed by atoms with Gasteiger partial charge in [-0.3, -0.25) is 4.79 Å². The van der Waals surface area contributed by atoms with Crippen molar-refractivity contribution in [1.82, 2.24) is 4.57 Å². The second-order valence-electron chi connectivity index (χ2n) is 6.95. The van der Waals surface area contributed by atoms with Gasteiger partial charge in [-0.2, -0.15) is 0 Å². The quantitative estimate of drug-likeness (QED) is 0.415. The number of carboxylic acid groups (broad SMARTS) is 1. The Labute approximate surface area is 172 Å². The van der Waals surface area contributed by atoms with E-state index in [0.29, 0.717) is 6.54 Å². The average molecular weight is 434 g/mol. The molecule has 0 saturated carbocycles. The van der Waals surface area contributed by atoms with Gasteiger partial charge in [0.15, 0.2) is 0 Å². The van der Waals surface area contributed by atoms with E-state index in [-0.39, 0.29) is 6.42 Å². The van der Waals surface area contributed by atoms with Gasteiger partial charge < -0.3 is 9.67 Å². The smallest absolute Gasteiger partial charge is 0.307 e. The molecule has 0 radical (unpaired) electrons. The van der Waals surface area contributed by atoms with Crippen LogP contribution in [0.4, 0.5) is 0 Å². The molecule has 0 unspecified atom stereocenters. The van der Waals surface area contributed by atoms with Gasteiger partial charge in [-0.25, -0.2) is 0 Å². The summed E-state index contributed by atoms with van der Waals surface area (Å²) in [6.45, 7) is 2.71. The van der Waals surface area contributed by atoms with Crippen molar-refractivity contribution in [2.24, 2.45) is 0 Å². The highest BCUT2D eigenvalue weighted by Gasteiger charge is 2.17. The first-order valence-corrected chi connectivity index (χ1v) is 9.95. The van der Waals surface area contributed by atoms with Gasteiger partial charge in [-0.1, -0.05) is 64.5 Å². The Morgan fingerprint density at radius 2 is 1.71 bits per heavy atom. The van der Waals surface area contributed by atoms with Crippen LogP contribution < -0.4 is 0 Å². The monoisotopic (exact) mass is 433 g/mol. The van der Waals surface area contributed by atoms with Gasteiger partial charge in [0.2, 0.25) is 0 Å². The van der Waals surface area contributed by atoms with Crippen LogP contribution in [0.2, 0.25) is 0 Å². The molecule has 0 aliphatic heterocycles. The van der Waals surface area contributed by atoms with E-state index in [4.69, 9.17) is 0 Å². The Morgan fingerprint density at radius 1 is 0.964 bits per heavy atom. The van der Waals surface area contributed by atoms with E-state index in [1.807, 2.05) is 37.3 Å². The Hall–Kier alpha value is -2.85. The maximum absolute atomic E-state index is 11.4. The molecule has 1 N–H and O–H groups in total. The third kappa shape index (κ3) is 3.60. The zero-order chi connectivity index (χ0) is 19.7. The fourth-order valence-corrected chi connectivity index (χ4v) is 4.13. The van der Waals surface area contributed by atoms with Crippen LogP contribution in [-0.4, -0.2) is 15.6 Å². The normalized spacial score (nSPS) is 11.1. The van der Waals surface area contributed by atoms with E-state index in [1.54, 1.807) is 0 Å². The molecule has 3 aromatic carbocycles. The molecule has 0 saturated heterocycles. The predicted octanol–water partition coefficient (Wildman–Crippen LogP) is 6.05. The summed E-state index contributed by atoms with van der Waals surface area (Å²) in [5.74, 6) is -0.812. The number of hydrogen-bond acceptors (Lipinski definition) is 1. The van der Waals surface area contributed by atoms with Crippen LogP contribution in [0.15, 0.2) is 77.3 Å². The number of aliphatic carboxylic acids is 1. The summed E-state index contributed by atoms with van der Waals surface area (Å²) >= 11 is 3.51. The number of fused-ring (bicyclic) bond motifs is 1. The van der Waals surface area contributed by atoms with E-state index in [9.17, 15) is 9.90 Å². The summed E-state index contributed by atoms with van der Waals surface area (Å²) in [7, 11) is 0. The molecule has 4 heteroatoms. The van der Waals surface area contributed by atoms with Crippen molar-refractivity contribution in [2.45, 2.75) is 19.9 Å². The molecule has 140 valence electrons. The minimum atomic E-state index is -0.812. The third-order valence-electron chi connectivity index (χ3n) is 5.12. The summed E-state index contributed by atoms with van der Waals surface area (Å²) < 4.78 is 3.17. The standard InChI is InChI=1S/C24H20BrNO2/c1-16-21(14-24(27)28)22-13-20(25)10-11-23(22)26(16)15-17-6-5-9-19(12-17)18-7-3-2-4-8-18/h2-13H,14-15H2,1H3,(H,27,28). The lowest BCUT2D eigenvalue weighted by Gasteiger charge is -2.11. The topological polar surface area (TPSA) is 42.2 Å². The van der Waals surface area contributed by atoms with Crippen molar-refractivity contribution in [3.63, 3.8) is 0 Å². The van der Waals surface area contributed by atoms with Crippen molar-refractivity contribution >= 4 is 32.8 Å². The molecular formula is C24H20BrNO2. The summed E-state index contributed by atoms with van der Waals surface area (Å²) in [5.41, 5.74) is 6.49. The first-order valence-electron chi connectivity index (χ1n) is 9.16. The van der Waals surface area contributed by atoms with Crippen molar-refractivity contribution in [1.29, 1.82) is 0 Å². The first-order chi connectivity index (χ1) is 13.5. The van der Waals surface area contributed by atoms with E-state index in [1.165, 1.54) is 16.7 Å². The Balaban J connectivity index is 1.78. The highest BCUT2D eigenvalue weighted by atomic mass is 79.9. The van der Waals surface area contributed by atoms with Crippen molar-refractivity contribution in [3.05, 3.63) is 94.1 Å². The predicted molar refractivity (Wildman–Crippen MR) is 117 cm³/mol. The van der Waals surface area contributed by atoms with Crippen LogP contribution in [-0.2, 0) is 17.8 Å². The number of carboxylic acids is 1. The molecule has 3 nitrogen and oxygen atoms in total. The number of hydrogen-bond donors (Lipinski definition) is 1. The van der Waals surface area contributed by atoms with Crippen LogP contribution in [0.25, 0.3) is 22.0 Å². The largest absolute Gasteiger partial charge is 0.481 e. The number of halogens is 1. The lowest BCUT2D eigenvalue weighted by Crippen LogP contribution is -2.05. The van der Waals surface area contributed by atoms with Gasteiger partial charge in [0.25, 0.3) is 0 Å². The lowest BCUT2D eigenvalue weighted by molar-refractivity contribution is -0.136. The highest BCUT2D eigenvalue weighted by molar-refractivity contribution is 9.10. The lowest BCUT2D eigenvalue weighted by atomic mass is 10.0. The zero-order valence-corrected chi connectivity index (χ0v) is 17.1. The SMILES string of the molecule is Cc1c(CC(=O)O)c2cc(Br)ccc2n1Cc1cccc(-c2ccccc2)c1. The summed E-state index contributed by atoms with van der Waals surface area (Å²) in [6, 6.07) is 24.9. The molecule has 0 aliphatic rings. The van der Waals surface area contributed by atoms with Gasteiger partial charge >= 0.3 is 5.97 Å². The fourth-order valence-electron chi connectivity index (χ4n) is 3.76. The van der Waals surface area contributed by atoms with Gasteiger partial charge in [0.05, 0.1) is 6.42 Å². The summed E-state index contributed by atoms with van der Waals surface area (Å²) in [5, 5.41) is 10.4. The minimum absolute atomic E-state index is 0.0237. The highest BCUT2D eigenvalue weighted by Crippen LogP contribution is 2.30. The van der Waals surface area contributed by atoms with Crippen LogP contribution in [0, 0.1) is 6.92 Å². The van der Waals surface area contributed by atoms with Crippen molar-refractivity contribution in [2.75, 3.05) is 0 Å². The maximum Gasteiger partial charge on any atom is 0.307 e. The van der Waals surface area contributed by atoms with E-state index in [2.05, 4.69) is 63.0 Å². The van der Waals surface area contributed by atoms with E-state index in [0.717, 1.165) is 26.6 Å². The molecular weight excluding hydrogens is 414 g/mol. The molecule has 1 aromatic heterocycles. The van der Waals surface area contributed by atoms with Crippen molar-refractivity contribution in [3.8, 4) is 11.1 Å². The number of nitrogens with zero attached hydrogens (tertiary/aromatic N) is 1. The number of carbonyl (C=O) groups is 1. The Kier molecular flexibility index (Phi) is 5.05.